The van der Waals surface area contributed by atoms with E-state index in [1.54, 1.807) is 18.5 Å². The Morgan fingerprint density at radius 2 is 1.91 bits per heavy atom. The molecule has 1 atom stereocenters. The molecule has 3 heterocycles. The summed E-state index contributed by atoms with van der Waals surface area (Å²) in [5.41, 5.74) is 7.91. The molecule has 3 rings (SSSR count). The van der Waals surface area contributed by atoms with Gasteiger partial charge in [0.1, 0.15) is 17.2 Å². The summed E-state index contributed by atoms with van der Waals surface area (Å²) < 4.78 is 9.84. The third-order valence-corrected chi connectivity index (χ3v) is 4.64. The van der Waals surface area contributed by atoms with E-state index in [-0.39, 0.29) is 27.9 Å². The van der Waals surface area contributed by atoms with Gasteiger partial charge in [0, 0.05) is 24.2 Å². The van der Waals surface area contributed by atoms with Gasteiger partial charge in [-0.2, -0.15) is 0 Å². The highest BCUT2D eigenvalue weighted by molar-refractivity contribution is 5.75. The van der Waals surface area contributed by atoms with Crippen LogP contribution < -0.4 is 21.1 Å². The number of halogens is 1. The number of H-pyrrole nitrogens is 1. The molecule has 3 aromatic rings. The molecule has 0 unspecified atom stereocenters. The van der Waals surface area contributed by atoms with Crippen LogP contribution in [0.4, 0.5) is 21.3 Å². The number of nitrogens with one attached hydrogen (secondary N) is 3. The van der Waals surface area contributed by atoms with E-state index in [2.05, 4.69) is 61.1 Å². The summed E-state index contributed by atoms with van der Waals surface area (Å²) in [5.74, 6) is 1.56. The molecule has 0 radical (unpaired) electrons. The van der Waals surface area contributed by atoms with Crippen LogP contribution in [-0.2, 0) is 10.2 Å². The summed E-state index contributed by atoms with van der Waals surface area (Å²) in [6.07, 6.45) is 2.68. The Labute approximate surface area is 196 Å². The molecule has 0 aliphatic rings. The van der Waals surface area contributed by atoms with Gasteiger partial charge in [-0.25, -0.2) is 29.7 Å². The fourth-order valence-electron chi connectivity index (χ4n) is 2.88. The van der Waals surface area contributed by atoms with Crippen molar-refractivity contribution in [2.45, 2.75) is 39.2 Å². The number of carbonyl (C=O) groups excluding carboxylic acids is 1. The zero-order chi connectivity index (χ0) is 24.2. The Hall–Kier alpha value is -4.03. The van der Waals surface area contributed by atoms with Crippen molar-refractivity contribution < 1.29 is 19.0 Å². The molecular weight excluding hydrogens is 445 g/mol. The highest BCUT2D eigenvalue weighted by Crippen LogP contribution is 2.33. The number of rotatable bonds is 7. The second-order valence-electron chi connectivity index (χ2n) is 8.39. The van der Waals surface area contributed by atoms with Gasteiger partial charge in [0.15, 0.2) is 5.82 Å². The number of aromatic amines is 1. The Balaban J connectivity index is 0.00000408. The second-order valence-corrected chi connectivity index (χ2v) is 8.39. The Morgan fingerprint density at radius 1 is 1.18 bits per heavy atom. The second kappa shape index (κ2) is 10.7. The lowest BCUT2D eigenvalue weighted by atomic mass is 9.96. The number of nitrogens with two attached hydrogens (primary N) is 1. The van der Waals surface area contributed by atoms with Crippen LogP contribution in [0.5, 0.6) is 5.88 Å². The molecule has 3 aromatic heterocycles. The highest BCUT2D eigenvalue weighted by atomic mass is 19.0. The first-order valence-electron chi connectivity index (χ1n) is 10.3. The minimum Gasteiger partial charge on any atom is -0.478 e. The number of nitrogen functional groups attached to an aromatic ring is 1. The fraction of sp³-hybridized carbons (Fsp3) is 0.429. The number of carbonyl (C=O) groups is 1. The summed E-state index contributed by atoms with van der Waals surface area (Å²) in [6.45, 7) is 8.40. The molecule has 12 nitrogen and oxygen atoms in total. The average molecular weight is 476 g/mol. The lowest BCUT2D eigenvalue weighted by molar-refractivity contribution is 0.168. The molecule has 1 amide bonds. The van der Waals surface area contributed by atoms with Gasteiger partial charge in [-0.3, -0.25) is 4.70 Å². The summed E-state index contributed by atoms with van der Waals surface area (Å²) in [7, 11) is 2.80. The van der Waals surface area contributed by atoms with Crippen molar-refractivity contribution in [3.05, 3.63) is 24.3 Å². The molecule has 5 N–H and O–H groups in total. The molecule has 0 aromatic carbocycles. The lowest BCUT2D eigenvalue weighted by Gasteiger charge is -2.14. The van der Waals surface area contributed by atoms with Gasteiger partial charge in [0.25, 0.3) is 5.88 Å². The summed E-state index contributed by atoms with van der Waals surface area (Å²) in [6, 6.07) is 1.57. The number of nitrogens with zero attached hydrogens (tertiary/aromatic N) is 5. The summed E-state index contributed by atoms with van der Waals surface area (Å²) in [5, 5.41) is 5.79. The number of anilines is 2. The zero-order valence-electron chi connectivity index (χ0n) is 20.0. The molecule has 34 heavy (non-hydrogen) atoms. The number of hydrogen-bond donors (Lipinski definition) is 4. The van der Waals surface area contributed by atoms with Gasteiger partial charge in [-0.15, -0.1) is 0 Å². The Bertz CT molecular complexity index is 1130. The molecule has 0 saturated heterocycles. The van der Waals surface area contributed by atoms with Crippen LogP contribution >= 0.6 is 0 Å². The topological polar surface area (TPSA) is 166 Å². The molecule has 0 spiro atoms. The quantitative estimate of drug-likeness (QED) is 0.399. The number of alkyl carbamates (subject to hydrolysis) is 1. The van der Waals surface area contributed by atoms with E-state index in [1.807, 2.05) is 6.92 Å². The van der Waals surface area contributed by atoms with E-state index in [0.29, 0.717) is 35.3 Å². The Morgan fingerprint density at radius 3 is 2.56 bits per heavy atom. The number of hydrogen-bond acceptors (Lipinski definition) is 10. The van der Waals surface area contributed by atoms with Crippen molar-refractivity contribution in [3.63, 3.8) is 0 Å². The standard InChI is InChI=1S/C21H29N9O3.FH/c1-11(26-20(31)33-6)9-25-19-23-8-7-12(28-19)14-15(30-18(29-14)21(2,3)4)13-10-24-16(22)17(27-13)32-5;/h7-8,10-11H,9H2,1-6H3,(H2,22,24)(H,26,31)(H,29,30)(H,23,25,28);1H/t11-;/m0./s1. The van der Waals surface area contributed by atoms with Crippen molar-refractivity contribution in [1.29, 1.82) is 0 Å². The first-order valence-corrected chi connectivity index (χ1v) is 10.3. The summed E-state index contributed by atoms with van der Waals surface area (Å²) >= 11 is 0. The van der Waals surface area contributed by atoms with E-state index in [4.69, 9.17) is 15.5 Å². The van der Waals surface area contributed by atoms with Gasteiger partial charge in [0.05, 0.1) is 31.8 Å². The van der Waals surface area contributed by atoms with Crippen LogP contribution in [0, 0.1) is 0 Å². The predicted molar refractivity (Wildman–Crippen MR) is 126 cm³/mol. The number of ether oxygens (including phenoxy) is 2. The van der Waals surface area contributed by atoms with Crippen molar-refractivity contribution in [3.8, 4) is 28.7 Å². The molecule has 0 aliphatic carbocycles. The van der Waals surface area contributed by atoms with Crippen LogP contribution in [0.1, 0.15) is 33.5 Å². The normalized spacial score (nSPS) is 11.8. The molecule has 13 heteroatoms. The van der Waals surface area contributed by atoms with Gasteiger partial charge in [-0.1, -0.05) is 20.8 Å². The highest BCUT2D eigenvalue weighted by Gasteiger charge is 2.24. The molecule has 184 valence electrons. The monoisotopic (exact) mass is 475 g/mol. The fourth-order valence-corrected chi connectivity index (χ4v) is 2.88. The van der Waals surface area contributed by atoms with E-state index >= 15 is 0 Å². The number of aromatic nitrogens is 6. The number of imidazole rings is 1. The van der Waals surface area contributed by atoms with Crippen molar-refractivity contribution in [2.24, 2.45) is 0 Å². The average Bonchev–Trinajstić information content (AvgIpc) is 3.24. The molecule has 0 fully saturated rings. The first kappa shape index (κ1) is 26.2. The van der Waals surface area contributed by atoms with Crippen LogP contribution in [0.2, 0.25) is 0 Å². The van der Waals surface area contributed by atoms with E-state index in [9.17, 15) is 4.79 Å². The third kappa shape index (κ3) is 6.05. The SMILES string of the molecule is COC(=O)N[C@@H](C)CNc1nccc(-c2[nH]c(C(C)(C)C)nc2-c2cnc(N)c(OC)n2)n1.F. The summed E-state index contributed by atoms with van der Waals surface area (Å²) in [4.78, 5) is 37.0. The maximum atomic E-state index is 11.4. The van der Waals surface area contributed by atoms with E-state index in [1.165, 1.54) is 14.2 Å². The molecular formula is C21H30FN9O3. The predicted octanol–water partition coefficient (Wildman–Crippen LogP) is 2.52. The first-order chi connectivity index (χ1) is 15.6. The molecule has 0 saturated carbocycles. The van der Waals surface area contributed by atoms with Crippen LogP contribution in [0.3, 0.4) is 0 Å². The minimum atomic E-state index is -0.504. The van der Waals surface area contributed by atoms with Crippen LogP contribution in [0.25, 0.3) is 22.8 Å². The van der Waals surface area contributed by atoms with E-state index < -0.39 is 6.09 Å². The minimum absolute atomic E-state index is 0. The Kier molecular flexibility index (Phi) is 8.27. The maximum absolute atomic E-state index is 11.4. The van der Waals surface area contributed by atoms with Crippen LogP contribution in [0.15, 0.2) is 18.5 Å². The smallest absolute Gasteiger partial charge is 0.407 e. The molecule has 0 bridgehead atoms. The maximum Gasteiger partial charge on any atom is 0.407 e. The third-order valence-electron chi connectivity index (χ3n) is 4.64. The van der Waals surface area contributed by atoms with Crippen molar-refractivity contribution in [1.82, 2.24) is 35.2 Å². The lowest BCUT2D eigenvalue weighted by Crippen LogP contribution is -2.37. The largest absolute Gasteiger partial charge is 0.478 e. The van der Waals surface area contributed by atoms with Crippen molar-refractivity contribution >= 4 is 17.9 Å². The van der Waals surface area contributed by atoms with Gasteiger partial charge in [0.2, 0.25) is 5.95 Å². The van der Waals surface area contributed by atoms with Gasteiger partial charge < -0.3 is 30.8 Å². The van der Waals surface area contributed by atoms with Crippen molar-refractivity contribution in [2.75, 3.05) is 31.8 Å². The van der Waals surface area contributed by atoms with Gasteiger partial charge in [-0.05, 0) is 13.0 Å². The van der Waals surface area contributed by atoms with Gasteiger partial charge >= 0.3 is 6.09 Å². The zero-order valence-corrected chi connectivity index (χ0v) is 20.0. The molecule has 0 aliphatic heterocycles. The number of methoxy groups -OCH3 is 2. The number of amides is 1. The van der Waals surface area contributed by atoms with E-state index in [0.717, 1.165) is 5.82 Å². The van der Waals surface area contributed by atoms with Crippen LogP contribution in [-0.4, -0.2) is 62.8 Å².